The molecule has 1 unspecified atom stereocenters. The molecule has 2 aliphatic rings. The predicted molar refractivity (Wildman–Crippen MR) is 99.7 cm³/mol. The Hall–Kier alpha value is -1.93. The molecule has 1 N–H and O–H groups in total. The Morgan fingerprint density at radius 1 is 0.963 bits per heavy atom. The zero-order valence-electron chi connectivity index (χ0n) is 15.3. The number of carbonyl (C=O) groups is 2. The number of hydrogen-bond donors (Lipinski definition) is 1. The molecular formula is C19H26N2O5S. The lowest BCUT2D eigenvalue weighted by Gasteiger charge is -2.33. The summed E-state index contributed by atoms with van der Waals surface area (Å²) in [6, 6.07) is 5.61. The summed E-state index contributed by atoms with van der Waals surface area (Å²) in [6.07, 6.45) is 4.99. The molecule has 7 nitrogen and oxygen atoms in total. The lowest BCUT2D eigenvalue weighted by molar-refractivity contribution is -0.151. The highest BCUT2D eigenvalue weighted by Crippen LogP contribution is 2.22. The highest BCUT2D eigenvalue weighted by Gasteiger charge is 2.32. The van der Waals surface area contributed by atoms with E-state index >= 15 is 0 Å². The number of benzene rings is 1. The van der Waals surface area contributed by atoms with Crippen LogP contribution in [-0.4, -0.2) is 60.3 Å². The van der Waals surface area contributed by atoms with Crippen molar-refractivity contribution in [1.82, 2.24) is 9.21 Å². The number of nitrogens with zero attached hydrogens (tertiary/aromatic N) is 2. The number of carboxylic acid groups (broad SMARTS) is 1. The van der Waals surface area contributed by atoms with Gasteiger partial charge in [-0.15, -0.1) is 0 Å². The van der Waals surface area contributed by atoms with E-state index in [1.54, 1.807) is 12.1 Å². The second kappa shape index (κ2) is 8.39. The minimum atomic E-state index is -3.49. The summed E-state index contributed by atoms with van der Waals surface area (Å²) in [6.45, 7) is 1.55. The monoisotopic (exact) mass is 394 g/mol. The van der Waals surface area contributed by atoms with Gasteiger partial charge in [-0.3, -0.25) is 4.79 Å². The van der Waals surface area contributed by atoms with Crippen LogP contribution >= 0.6 is 0 Å². The van der Waals surface area contributed by atoms with Crippen LogP contribution in [0.5, 0.6) is 0 Å². The average Bonchev–Trinajstić information content (AvgIpc) is 2.69. The van der Waals surface area contributed by atoms with Crippen molar-refractivity contribution in [2.24, 2.45) is 0 Å². The van der Waals surface area contributed by atoms with Crippen LogP contribution in [0, 0.1) is 0 Å². The molecule has 1 amide bonds. The average molecular weight is 394 g/mol. The Kier molecular flexibility index (Phi) is 6.16. The maximum absolute atomic E-state index is 12.7. The molecule has 1 atom stereocenters. The molecule has 148 valence electrons. The van der Waals surface area contributed by atoms with Crippen molar-refractivity contribution < 1.29 is 23.1 Å². The summed E-state index contributed by atoms with van der Waals surface area (Å²) >= 11 is 0. The molecule has 2 fully saturated rings. The summed E-state index contributed by atoms with van der Waals surface area (Å²) in [5, 5.41) is 9.31. The van der Waals surface area contributed by atoms with Gasteiger partial charge in [-0.05, 0) is 49.8 Å². The van der Waals surface area contributed by atoms with Gasteiger partial charge in [0.15, 0.2) is 0 Å². The minimum absolute atomic E-state index is 0.0772. The van der Waals surface area contributed by atoms with Gasteiger partial charge in [-0.25, -0.2) is 13.2 Å². The molecule has 0 aliphatic carbocycles. The predicted octanol–water partition coefficient (Wildman–Crippen LogP) is 1.87. The first-order valence-corrected chi connectivity index (χ1v) is 10.9. The number of carbonyl (C=O) groups excluding carboxylic acids is 1. The standard InChI is InChI=1S/C19H26N2O5S/c22-18(21-13-5-2-6-17(21)19(23)24)14-15-7-9-16(10-8-15)27(25,26)20-11-3-1-4-12-20/h7-10,17H,1-6,11-14H2,(H,23,24). The number of likely N-dealkylation sites (tertiary alicyclic amines) is 1. The van der Waals surface area contributed by atoms with Crippen molar-refractivity contribution >= 4 is 21.9 Å². The number of aliphatic carboxylic acids is 1. The Balaban J connectivity index is 1.68. The molecule has 8 heteroatoms. The topological polar surface area (TPSA) is 95.0 Å². The number of sulfonamides is 1. The van der Waals surface area contributed by atoms with E-state index < -0.39 is 22.0 Å². The summed E-state index contributed by atoms with van der Waals surface area (Å²) in [7, 11) is -3.49. The third-order valence-corrected chi connectivity index (χ3v) is 7.25. The second-order valence-electron chi connectivity index (χ2n) is 7.22. The number of rotatable bonds is 5. The lowest BCUT2D eigenvalue weighted by Crippen LogP contribution is -2.48. The molecule has 0 spiro atoms. The number of hydrogen-bond acceptors (Lipinski definition) is 4. The molecule has 1 aromatic rings. The summed E-state index contributed by atoms with van der Waals surface area (Å²) < 4.78 is 26.9. The van der Waals surface area contributed by atoms with E-state index in [-0.39, 0.29) is 17.2 Å². The van der Waals surface area contributed by atoms with Gasteiger partial charge in [0.05, 0.1) is 11.3 Å². The van der Waals surface area contributed by atoms with E-state index in [1.165, 1.54) is 21.3 Å². The van der Waals surface area contributed by atoms with Crippen LogP contribution in [0.25, 0.3) is 0 Å². The first kappa shape index (κ1) is 19.8. The maximum Gasteiger partial charge on any atom is 0.326 e. The van der Waals surface area contributed by atoms with Crippen molar-refractivity contribution in [2.45, 2.75) is 55.9 Å². The summed E-state index contributed by atoms with van der Waals surface area (Å²) in [5.41, 5.74) is 0.687. The highest BCUT2D eigenvalue weighted by molar-refractivity contribution is 7.89. The van der Waals surface area contributed by atoms with Crippen LogP contribution in [0.15, 0.2) is 29.2 Å². The molecule has 0 bridgehead atoms. The highest BCUT2D eigenvalue weighted by atomic mass is 32.2. The number of piperidine rings is 2. The fraction of sp³-hybridized carbons (Fsp3) is 0.579. The van der Waals surface area contributed by atoms with Crippen molar-refractivity contribution in [3.05, 3.63) is 29.8 Å². The van der Waals surface area contributed by atoms with E-state index in [0.29, 0.717) is 31.6 Å². The van der Waals surface area contributed by atoms with E-state index in [1.807, 2.05) is 0 Å². The van der Waals surface area contributed by atoms with Crippen molar-refractivity contribution in [1.29, 1.82) is 0 Å². The van der Waals surface area contributed by atoms with E-state index in [0.717, 1.165) is 32.1 Å². The SMILES string of the molecule is O=C(O)C1CCCCN1C(=O)Cc1ccc(S(=O)(=O)N2CCCCC2)cc1. The molecule has 1 aromatic carbocycles. The lowest BCUT2D eigenvalue weighted by atomic mass is 10.0. The van der Waals surface area contributed by atoms with Crippen LogP contribution in [-0.2, 0) is 26.0 Å². The van der Waals surface area contributed by atoms with Crippen molar-refractivity contribution in [2.75, 3.05) is 19.6 Å². The fourth-order valence-electron chi connectivity index (χ4n) is 3.80. The summed E-state index contributed by atoms with van der Waals surface area (Å²) in [4.78, 5) is 25.6. The van der Waals surface area contributed by atoms with E-state index in [2.05, 4.69) is 0 Å². The fourth-order valence-corrected chi connectivity index (χ4v) is 5.31. The van der Waals surface area contributed by atoms with Crippen molar-refractivity contribution in [3.63, 3.8) is 0 Å². The molecule has 2 heterocycles. The Bertz CT molecular complexity index is 785. The van der Waals surface area contributed by atoms with E-state index in [4.69, 9.17) is 0 Å². The smallest absolute Gasteiger partial charge is 0.326 e. The molecule has 0 saturated carbocycles. The Morgan fingerprint density at radius 3 is 2.22 bits per heavy atom. The van der Waals surface area contributed by atoms with Crippen LogP contribution in [0.4, 0.5) is 0 Å². The molecule has 3 rings (SSSR count). The normalized spacial score (nSPS) is 21.8. The van der Waals surface area contributed by atoms with Crippen molar-refractivity contribution in [3.8, 4) is 0 Å². The number of carboxylic acids is 1. The van der Waals surface area contributed by atoms with Crippen LogP contribution in [0.1, 0.15) is 44.1 Å². The first-order valence-electron chi connectivity index (χ1n) is 9.51. The van der Waals surface area contributed by atoms with Gasteiger partial charge < -0.3 is 10.0 Å². The number of amides is 1. The third-order valence-electron chi connectivity index (χ3n) is 5.34. The third kappa shape index (κ3) is 4.50. The van der Waals surface area contributed by atoms with Crippen LogP contribution in [0.2, 0.25) is 0 Å². The maximum atomic E-state index is 12.7. The van der Waals surface area contributed by atoms with Gasteiger partial charge in [-0.2, -0.15) is 4.31 Å². The van der Waals surface area contributed by atoms with Gasteiger partial charge in [-0.1, -0.05) is 18.6 Å². The van der Waals surface area contributed by atoms with Gasteiger partial charge in [0, 0.05) is 19.6 Å². The van der Waals surface area contributed by atoms with Crippen LogP contribution in [0.3, 0.4) is 0 Å². The summed E-state index contributed by atoms with van der Waals surface area (Å²) in [5.74, 6) is -1.19. The van der Waals surface area contributed by atoms with Gasteiger partial charge in [0.1, 0.15) is 6.04 Å². The molecule has 2 aliphatic heterocycles. The molecular weight excluding hydrogens is 368 g/mol. The zero-order valence-corrected chi connectivity index (χ0v) is 16.2. The second-order valence-corrected chi connectivity index (χ2v) is 9.16. The Morgan fingerprint density at radius 2 is 1.59 bits per heavy atom. The first-order chi connectivity index (χ1) is 12.9. The van der Waals surface area contributed by atoms with Gasteiger partial charge in [0.2, 0.25) is 15.9 Å². The minimum Gasteiger partial charge on any atom is -0.480 e. The largest absolute Gasteiger partial charge is 0.480 e. The zero-order chi connectivity index (χ0) is 19.4. The van der Waals surface area contributed by atoms with Crippen LogP contribution < -0.4 is 0 Å². The Labute approximate surface area is 160 Å². The quantitative estimate of drug-likeness (QED) is 0.823. The molecule has 27 heavy (non-hydrogen) atoms. The van der Waals surface area contributed by atoms with E-state index in [9.17, 15) is 23.1 Å². The van der Waals surface area contributed by atoms with Gasteiger partial charge >= 0.3 is 5.97 Å². The molecule has 0 aromatic heterocycles. The van der Waals surface area contributed by atoms with Gasteiger partial charge in [0.25, 0.3) is 0 Å². The molecule has 2 saturated heterocycles. The molecule has 0 radical (unpaired) electrons.